The fourth-order valence-electron chi connectivity index (χ4n) is 0.855. The van der Waals surface area contributed by atoms with E-state index in [1.165, 1.54) is 0 Å². The normalized spacial score (nSPS) is 9.83. The van der Waals surface area contributed by atoms with Crippen LogP contribution in [0.1, 0.15) is 24.2 Å². The van der Waals surface area contributed by atoms with E-state index in [-0.39, 0.29) is 5.78 Å². The molecule has 0 spiro atoms. The number of nitrogens with zero attached hydrogens (tertiary/aromatic N) is 1. The SMILES string of the molecule is CCSc1cc(C(C)=O)ccn1. The summed E-state index contributed by atoms with van der Waals surface area (Å²) in [4.78, 5) is 15.1. The Labute approximate surface area is 76.4 Å². The molecule has 0 amide bonds. The first-order chi connectivity index (χ1) is 5.74. The van der Waals surface area contributed by atoms with Gasteiger partial charge >= 0.3 is 0 Å². The number of carbonyl (C=O) groups is 1. The summed E-state index contributed by atoms with van der Waals surface area (Å²) in [7, 11) is 0. The van der Waals surface area contributed by atoms with Gasteiger partial charge in [0.15, 0.2) is 5.78 Å². The third-order valence-corrected chi connectivity index (χ3v) is 2.24. The van der Waals surface area contributed by atoms with Crippen LogP contribution in [0.15, 0.2) is 23.4 Å². The van der Waals surface area contributed by atoms with Crippen molar-refractivity contribution in [2.45, 2.75) is 18.9 Å². The second-order valence-electron chi connectivity index (χ2n) is 2.37. The molecular formula is C9H11NOS. The van der Waals surface area contributed by atoms with Crippen molar-refractivity contribution >= 4 is 17.5 Å². The number of aromatic nitrogens is 1. The fraction of sp³-hybridized carbons (Fsp3) is 0.333. The topological polar surface area (TPSA) is 30.0 Å². The number of carbonyl (C=O) groups excluding carboxylic acids is 1. The van der Waals surface area contributed by atoms with Gasteiger partial charge in [0.1, 0.15) is 0 Å². The fourth-order valence-corrected chi connectivity index (χ4v) is 1.50. The monoisotopic (exact) mass is 181 g/mol. The van der Waals surface area contributed by atoms with Crippen LogP contribution in [0.5, 0.6) is 0 Å². The molecule has 0 aliphatic heterocycles. The number of ketones is 1. The average Bonchev–Trinajstić information content (AvgIpc) is 2.05. The average molecular weight is 181 g/mol. The second kappa shape index (κ2) is 4.26. The molecule has 0 bridgehead atoms. The molecule has 0 aliphatic rings. The van der Waals surface area contributed by atoms with Gasteiger partial charge < -0.3 is 0 Å². The highest BCUT2D eigenvalue weighted by Gasteiger charge is 2.00. The number of rotatable bonds is 3. The molecule has 1 aromatic heterocycles. The maximum Gasteiger partial charge on any atom is 0.159 e. The molecule has 0 unspecified atom stereocenters. The van der Waals surface area contributed by atoms with Gasteiger partial charge in [0.25, 0.3) is 0 Å². The third kappa shape index (κ3) is 2.34. The zero-order valence-electron chi connectivity index (χ0n) is 7.20. The molecule has 64 valence electrons. The van der Waals surface area contributed by atoms with Gasteiger partial charge in [0.2, 0.25) is 0 Å². The van der Waals surface area contributed by atoms with Gasteiger partial charge in [-0.15, -0.1) is 11.8 Å². The van der Waals surface area contributed by atoms with Crippen LogP contribution in [0.3, 0.4) is 0 Å². The molecule has 0 fully saturated rings. The summed E-state index contributed by atoms with van der Waals surface area (Å²) < 4.78 is 0. The maximum absolute atomic E-state index is 11.0. The minimum absolute atomic E-state index is 0.0929. The van der Waals surface area contributed by atoms with Crippen LogP contribution in [0, 0.1) is 0 Å². The van der Waals surface area contributed by atoms with Crippen molar-refractivity contribution in [3.05, 3.63) is 23.9 Å². The Balaban J connectivity index is 2.88. The standard InChI is InChI=1S/C9H11NOS/c1-3-12-9-6-8(7(2)11)4-5-10-9/h4-6H,3H2,1-2H3. The summed E-state index contributed by atoms with van der Waals surface area (Å²) in [5, 5.41) is 0.921. The smallest absolute Gasteiger partial charge is 0.159 e. The lowest BCUT2D eigenvalue weighted by atomic mass is 10.2. The molecular weight excluding hydrogens is 170 g/mol. The van der Waals surface area contributed by atoms with Gasteiger partial charge in [-0.1, -0.05) is 6.92 Å². The van der Waals surface area contributed by atoms with E-state index in [1.54, 1.807) is 30.9 Å². The molecule has 3 heteroatoms. The number of thioether (sulfide) groups is 1. The van der Waals surface area contributed by atoms with Crippen molar-refractivity contribution in [2.24, 2.45) is 0 Å². The lowest BCUT2D eigenvalue weighted by molar-refractivity contribution is 0.101. The van der Waals surface area contributed by atoms with Crippen molar-refractivity contribution in [3.63, 3.8) is 0 Å². The molecule has 0 aliphatic carbocycles. The lowest BCUT2D eigenvalue weighted by Crippen LogP contribution is -1.92. The first-order valence-electron chi connectivity index (χ1n) is 3.84. The molecule has 2 nitrogen and oxygen atoms in total. The largest absolute Gasteiger partial charge is 0.295 e. The Morgan fingerprint density at radius 2 is 2.42 bits per heavy atom. The van der Waals surface area contributed by atoms with Gasteiger partial charge in [-0.05, 0) is 24.8 Å². The van der Waals surface area contributed by atoms with Gasteiger partial charge in [0, 0.05) is 11.8 Å². The molecule has 1 heterocycles. The summed E-state index contributed by atoms with van der Waals surface area (Å²) in [5.41, 5.74) is 0.737. The molecule has 0 radical (unpaired) electrons. The maximum atomic E-state index is 11.0. The highest BCUT2D eigenvalue weighted by atomic mass is 32.2. The Morgan fingerprint density at radius 3 is 3.00 bits per heavy atom. The van der Waals surface area contributed by atoms with Crippen molar-refractivity contribution in [1.29, 1.82) is 0 Å². The number of Topliss-reactive ketones (excluding diaryl/α,β-unsaturated/α-hetero) is 1. The Bertz CT molecular complexity index is 286. The van der Waals surface area contributed by atoms with E-state index in [1.807, 2.05) is 6.07 Å². The quantitative estimate of drug-likeness (QED) is 0.529. The first-order valence-corrected chi connectivity index (χ1v) is 4.82. The zero-order valence-corrected chi connectivity index (χ0v) is 8.02. The van der Waals surface area contributed by atoms with Crippen LogP contribution in [-0.2, 0) is 0 Å². The van der Waals surface area contributed by atoms with Crippen LogP contribution in [0.25, 0.3) is 0 Å². The predicted octanol–water partition coefficient (Wildman–Crippen LogP) is 2.40. The van der Waals surface area contributed by atoms with Crippen LogP contribution >= 0.6 is 11.8 Å². The lowest BCUT2D eigenvalue weighted by Gasteiger charge is -1.98. The minimum atomic E-state index is 0.0929. The Kier molecular flexibility index (Phi) is 3.29. The van der Waals surface area contributed by atoms with Gasteiger partial charge in [-0.2, -0.15) is 0 Å². The van der Waals surface area contributed by atoms with E-state index >= 15 is 0 Å². The zero-order chi connectivity index (χ0) is 8.97. The molecule has 1 aromatic rings. The Hall–Kier alpha value is -0.830. The van der Waals surface area contributed by atoms with Crippen molar-refractivity contribution in [2.75, 3.05) is 5.75 Å². The predicted molar refractivity (Wildman–Crippen MR) is 50.6 cm³/mol. The van der Waals surface area contributed by atoms with E-state index < -0.39 is 0 Å². The van der Waals surface area contributed by atoms with E-state index in [0.29, 0.717) is 0 Å². The highest BCUT2D eigenvalue weighted by molar-refractivity contribution is 7.99. The van der Waals surface area contributed by atoms with E-state index in [9.17, 15) is 4.79 Å². The summed E-state index contributed by atoms with van der Waals surface area (Å²) in [6.45, 7) is 3.63. The molecule has 0 saturated carbocycles. The second-order valence-corrected chi connectivity index (χ2v) is 3.66. The molecule has 0 N–H and O–H groups in total. The Morgan fingerprint density at radius 1 is 1.67 bits per heavy atom. The van der Waals surface area contributed by atoms with E-state index in [2.05, 4.69) is 11.9 Å². The highest BCUT2D eigenvalue weighted by Crippen LogP contribution is 2.15. The van der Waals surface area contributed by atoms with Crippen LogP contribution < -0.4 is 0 Å². The van der Waals surface area contributed by atoms with Crippen LogP contribution in [-0.4, -0.2) is 16.5 Å². The van der Waals surface area contributed by atoms with Crippen LogP contribution in [0.2, 0.25) is 0 Å². The summed E-state index contributed by atoms with van der Waals surface area (Å²) in [5.74, 6) is 1.07. The minimum Gasteiger partial charge on any atom is -0.295 e. The van der Waals surface area contributed by atoms with E-state index in [0.717, 1.165) is 16.3 Å². The molecule has 12 heavy (non-hydrogen) atoms. The van der Waals surface area contributed by atoms with Crippen molar-refractivity contribution in [1.82, 2.24) is 4.98 Å². The van der Waals surface area contributed by atoms with Crippen molar-refractivity contribution < 1.29 is 4.79 Å². The van der Waals surface area contributed by atoms with Crippen LogP contribution in [0.4, 0.5) is 0 Å². The molecule has 0 aromatic carbocycles. The number of hydrogen-bond acceptors (Lipinski definition) is 3. The van der Waals surface area contributed by atoms with Gasteiger partial charge in [-0.25, -0.2) is 4.98 Å². The first kappa shape index (κ1) is 9.26. The third-order valence-electron chi connectivity index (χ3n) is 1.43. The molecule has 1 rings (SSSR count). The molecule has 0 saturated heterocycles. The summed E-state index contributed by atoms with van der Waals surface area (Å²) in [6.07, 6.45) is 1.68. The van der Waals surface area contributed by atoms with E-state index in [4.69, 9.17) is 0 Å². The number of hydrogen-bond donors (Lipinski definition) is 0. The molecule has 0 atom stereocenters. The van der Waals surface area contributed by atoms with Gasteiger partial charge in [-0.3, -0.25) is 4.79 Å². The van der Waals surface area contributed by atoms with Crippen molar-refractivity contribution in [3.8, 4) is 0 Å². The summed E-state index contributed by atoms with van der Waals surface area (Å²) >= 11 is 1.64. The summed E-state index contributed by atoms with van der Waals surface area (Å²) in [6, 6.07) is 3.57. The number of pyridine rings is 1. The van der Waals surface area contributed by atoms with Gasteiger partial charge in [0.05, 0.1) is 5.03 Å².